The fraction of sp³-hybridized carbons (Fsp3) is 0.111. The second-order valence-corrected chi connectivity index (χ2v) is 2.72. The van der Waals surface area contributed by atoms with E-state index >= 15 is 0 Å². The molecular weight excluding hydrogens is 188 g/mol. The Bertz CT molecular complexity index is 408. The highest BCUT2D eigenvalue weighted by Gasteiger charge is 2.20. The van der Waals surface area contributed by atoms with E-state index in [0.29, 0.717) is 0 Å². The van der Waals surface area contributed by atoms with Crippen LogP contribution in [-0.4, -0.2) is 27.1 Å². The molecule has 0 heterocycles. The summed E-state index contributed by atoms with van der Waals surface area (Å²) in [5, 5.41) is 27.1. The zero-order chi connectivity index (χ0) is 10.9. The highest BCUT2D eigenvalue weighted by Crippen LogP contribution is 2.30. The first-order chi connectivity index (χ1) is 6.45. The van der Waals surface area contributed by atoms with Crippen molar-refractivity contribution in [1.29, 1.82) is 0 Å². The minimum absolute atomic E-state index is 0.125. The van der Waals surface area contributed by atoms with Crippen molar-refractivity contribution in [3.8, 4) is 11.5 Å². The maximum absolute atomic E-state index is 10.9. The third-order valence-electron chi connectivity index (χ3n) is 1.75. The van der Waals surface area contributed by atoms with Crippen molar-refractivity contribution in [3.05, 3.63) is 23.3 Å². The number of phenols is 2. The summed E-state index contributed by atoms with van der Waals surface area (Å²) in [6, 6.07) is 2.22. The molecule has 14 heavy (non-hydrogen) atoms. The zero-order valence-electron chi connectivity index (χ0n) is 7.31. The molecule has 3 N–H and O–H groups in total. The molecule has 0 amide bonds. The molecule has 0 radical (unpaired) electrons. The van der Waals surface area contributed by atoms with Crippen LogP contribution in [0.1, 0.15) is 27.6 Å². The molecule has 1 aromatic rings. The Morgan fingerprint density at radius 1 is 1.21 bits per heavy atom. The molecule has 0 aliphatic heterocycles. The number of benzene rings is 1. The van der Waals surface area contributed by atoms with Gasteiger partial charge in [-0.1, -0.05) is 0 Å². The summed E-state index contributed by atoms with van der Waals surface area (Å²) in [5.74, 6) is -3.22. The number of hydrogen-bond acceptors (Lipinski definition) is 4. The second-order valence-electron chi connectivity index (χ2n) is 2.72. The standard InChI is InChI=1S/C9H8O5/c1-4(10)5-2-3-6(11)7(8(5)12)9(13)14/h2-3,11-12H,1H3,(H,13,14). The fourth-order valence-corrected chi connectivity index (χ4v) is 1.08. The van der Waals surface area contributed by atoms with Crippen molar-refractivity contribution >= 4 is 11.8 Å². The second kappa shape index (κ2) is 3.37. The molecule has 1 aromatic carbocycles. The molecule has 0 bridgehead atoms. The predicted molar refractivity (Wildman–Crippen MR) is 46.7 cm³/mol. The maximum Gasteiger partial charge on any atom is 0.343 e. The van der Waals surface area contributed by atoms with Gasteiger partial charge in [0.25, 0.3) is 0 Å². The van der Waals surface area contributed by atoms with Crippen LogP contribution in [0.4, 0.5) is 0 Å². The molecule has 0 saturated heterocycles. The van der Waals surface area contributed by atoms with E-state index in [9.17, 15) is 14.7 Å². The number of carboxylic acids is 1. The summed E-state index contributed by atoms with van der Waals surface area (Å²) in [4.78, 5) is 21.5. The normalized spacial score (nSPS) is 9.79. The van der Waals surface area contributed by atoms with Gasteiger partial charge in [0.15, 0.2) is 5.78 Å². The Balaban J connectivity index is 3.49. The minimum Gasteiger partial charge on any atom is -0.507 e. The van der Waals surface area contributed by atoms with Crippen LogP contribution in [0.2, 0.25) is 0 Å². The van der Waals surface area contributed by atoms with Gasteiger partial charge in [-0.05, 0) is 19.1 Å². The van der Waals surface area contributed by atoms with E-state index in [0.717, 1.165) is 6.07 Å². The molecule has 74 valence electrons. The SMILES string of the molecule is CC(=O)c1ccc(O)c(C(=O)O)c1O. The van der Waals surface area contributed by atoms with E-state index in [1.54, 1.807) is 0 Å². The molecule has 0 unspecified atom stereocenters. The first-order valence-corrected chi connectivity index (χ1v) is 3.74. The van der Waals surface area contributed by atoms with E-state index in [-0.39, 0.29) is 5.56 Å². The lowest BCUT2D eigenvalue weighted by atomic mass is 10.1. The van der Waals surface area contributed by atoms with Gasteiger partial charge >= 0.3 is 5.97 Å². The fourth-order valence-electron chi connectivity index (χ4n) is 1.08. The van der Waals surface area contributed by atoms with Crippen LogP contribution < -0.4 is 0 Å². The monoisotopic (exact) mass is 196 g/mol. The molecular formula is C9H8O5. The Morgan fingerprint density at radius 3 is 2.21 bits per heavy atom. The van der Waals surface area contributed by atoms with Crippen LogP contribution in [0.5, 0.6) is 11.5 Å². The van der Waals surface area contributed by atoms with Crippen molar-refractivity contribution in [3.63, 3.8) is 0 Å². The summed E-state index contributed by atoms with van der Waals surface area (Å²) in [5.41, 5.74) is -0.780. The first-order valence-electron chi connectivity index (χ1n) is 3.74. The lowest BCUT2D eigenvalue weighted by Gasteiger charge is -2.05. The lowest BCUT2D eigenvalue weighted by Crippen LogP contribution is -2.02. The molecule has 0 aliphatic carbocycles. The summed E-state index contributed by atoms with van der Waals surface area (Å²) < 4.78 is 0. The number of hydrogen-bond donors (Lipinski definition) is 3. The Kier molecular flexibility index (Phi) is 2.42. The van der Waals surface area contributed by atoms with E-state index in [4.69, 9.17) is 10.2 Å². The quantitative estimate of drug-likeness (QED) is 0.613. The van der Waals surface area contributed by atoms with Crippen molar-refractivity contribution in [2.45, 2.75) is 6.92 Å². The highest BCUT2D eigenvalue weighted by molar-refractivity contribution is 6.03. The van der Waals surface area contributed by atoms with E-state index < -0.39 is 28.8 Å². The zero-order valence-corrected chi connectivity index (χ0v) is 7.31. The summed E-state index contributed by atoms with van der Waals surface area (Å²) in [7, 11) is 0. The van der Waals surface area contributed by atoms with Crippen LogP contribution in [-0.2, 0) is 0 Å². The molecule has 0 aromatic heterocycles. The molecule has 1 rings (SSSR count). The van der Waals surface area contributed by atoms with Gasteiger partial charge in [-0.15, -0.1) is 0 Å². The molecule has 5 nitrogen and oxygen atoms in total. The lowest BCUT2D eigenvalue weighted by molar-refractivity contribution is 0.0690. The van der Waals surface area contributed by atoms with E-state index in [2.05, 4.69) is 0 Å². The van der Waals surface area contributed by atoms with Gasteiger partial charge in [-0.3, -0.25) is 4.79 Å². The molecule has 0 spiro atoms. The first kappa shape index (κ1) is 10.0. The van der Waals surface area contributed by atoms with Gasteiger partial charge in [0.2, 0.25) is 0 Å². The van der Waals surface area contributed by atoms with Crippen molar-refractivity contribution < 1.29 is 24.9 Å². The number of ketones is 1. The minimum atomic E-state index is -1.48. The number of aromatic carboxylic acids is 1. The summed E-state index contributed by atoms with van der Waals surface area (Å²) in [6.07, 6.45) is 0. The van der Waals surface area contributed by atoms with Gasteiger partial charge in [0.1, 0.15) is 17.1 Å². The number of Topliss-reactive ketones (excluding diaryl/α,β-unsaturated/α-hetero) is 1. The summed E-state index contributed by atoms with van der Waals surface area (Å²) in [6.45, 7) is 1.19. The average Bonchev–Trinajstić information content (AvgIpc) is 2.02. The van der Waals surface area contributed by atoms with Gasteiger partial charge in [-0.2, -0.15) is 0 Å². The van der Waals surface area contributed by atoms with Crippen LogP contribution >= 0.6 is 0 Å². The molecule has 0 fully saturated rings. The number of aromatic hydroxyl groups is 2. The number of carbonyl (C=O) groups excluding carboxylic acids is 1. The molecule has 0 aliphatic rings. The van der Waals surface area contributed by atoms with Gasteiger partial charge in [0.05, 0.1) is 5.56 Å². The topological polar surface area (TPSA) is 94.8 Å². The Labute approximate surface area is 79.2 Å². The highest BCUT2D eigenvalue weighted by atomic mass is 16.4. The Morgan fingerprint density at radius 2 is 1.79 bits per heavy atom. The third kappa shape index (κ3) is 1.52. The van der Waals surface area contributed by atoms with Crippen LogP contribution in [0, 0.1) is 0 Å². The van der Waals surface area contributed by atoms with E-state index in [1.807, 2.05) is 0 Å². The van der Waals surface area contributed by atoms with Gasteiger partial charge in [-0.25, -0.2) is 4.79 Å². The van der Waals surface area contributed by atoms with Crippen molar-refractivity contribution in [2.24, 2.45) is 0 Å². The van der Waals surface area contributed by atoms with E-state index in [1.165, 1.54) is 13.0 Å². The number of carbonyl (C=O) groups is 2. The van der Waals surface area contributed by atoms with Crippen molar-refractivity contribution in [2.75, 3.05) is 0 Å². The van der Waals surface area contributed by atoms with Gasteiger partial charge < -0.3 is 15.3 Å². The smallest absolute Gasteiger partial charge is 0.343 e. The average molecular weight is 196 g/mol. The molecule has 0 atom stereocenters. The van der Waals surface area contributed by atoms with Crippen LogP contribution in [0.25, 0.3) is 0 Å². The van der Waals surface area contributed by atoms with Crippen LogP contribution in [0.3, 0.4) is 0 Å². The predicted octanol–water partition coefficient (Wildman–Crippen LogP) is 0.999. The number of carboxylic acid groups (broad SMARTS) is 1. The molecule has 0 saturated carbocycles. The summed E-state index contributed by atoms with van der Waals surface area (Å²) >= 11 is 0. The molecule has 5 heteroatoms. The van der Waals surface area contributed by atoms with Crippen LogP contribution in [0.15, 0.2) is 12.1 Å². The Hall–Kier alpha value is -2.04. The van der Waals surface area contributed by atoms with Crippen molar-refractivity contribution in [1.82, 2.24) is 0 Å². The van der Waals surface area contributed by atoms with Gasteiger partial charge in [0, 0.05) is 0 Å². The largest absolute Gasteiger partial charge is 0.507 e. The maximum atomic E-state index is 10.9. The third-order valence-corrected chi connectivity index (χ3v) is 1.75. The number of rotatable bonds is 2.